The number of anilines is 3. The minimum absolute atomic E-state index is 0.166. The monoisotopic (exact) mass is 437 g/mol. The van der Waals surface area contributed by atoms with Gasteiger partial charge in [-0.15, -0.1) is 0 Å². The molecule has 3 rings (SSSR count). The molecular formula is C21H23N7O4. The van der Waals surface area contributed by atoms with Crippen LogP contribution < -0.4 is 20.9 Å². The second-order valence-corrected chi connectivity index (χ2v) is 6.96. The Morgan fingerprint density at radius 3 is 2.94 bits per heavy atom. The number of carbonyl (C=O) groups is 3. The molecule has 2 aromatic heterocycles. The third-order valence-electron chi connectivity index (χ3n) is 4.89. The second-order valence-electron chi connectivity index (χ2n) is 6.96. The predicted molar refractivity (Wildman–Crippen MR) is 117 cm³/mol. The lowest BCUT2D eigenvalue weighted by Crippen LogP contribution is -2.40. The molecule has 2 aromatic rings. The van der Waals surface area contributed by atoms with E-state index < -0.39 is 6.03 Å². The van der Waals surface area contributed by atoms with Gasteiger partial charge in [-0.2, -0.15) is 5.26 Å². The minimum atomic E-state index is -0.450. The number of urea groups is 1. The molecule has 0 saturated heterocycles. The fourth-order valence-electron chi connectivity index (χ4n) is 3.37. The lowest BCUT2D eigenvalue weighted by molar-refractivity contribution is -0.109. The van der Waals surface area contributed by atoms with Crippen LogP contribution in [0.1, 0.15) is 33.6 Å². The number of hydrogen-bond donors (Lipinski definition) is 3. The number of nitriles is 1. The molecule has 3 N–H and O–H groups in total. The summed E-state index contributed by atoms with van der Waals surface area (Å²) in [4.78, 5) is 45.1. The highest BCUT2D eigenvalue weighted by Crippen LogP contribution is 2.28. The van der Waals surface area contributed by atoms with Crippen LogP contribution in [0.15, 0.2) is 18.3 Å². The van der Waals surface area contributed by atoms with E-state index >= 15 is 0 Å². The van der Waals surface area contributed by atoms with E-state index in [0.717, 1.165) is 5.56 Å². The fraction of sp³-hybridized carbons (Fsp3) is 0.333. The summed E-state index contributed by atoms with van der Waals surface area (Å²) in [5.41, 5.74) is 2.45. The van der Waals surface area contributed by atoms with Crippen LogP contribution in [-0.4, -0.2) is 55.5 Å². The highest BCUT2D eigenvalue weighted by molar-refractivity contribution is 6.01. The molecule has 3 heterocycles. The molecule has 0 aromatic carbocycles. The molecule has 11 heteroatoms. The van der Waals surface area contributed by atoms with Crippen molar-refractivity contribution in [2.75, 3.05) is 42.3 Å². The Kier molecular flexibility index (Phi) is 7.66. The number of aryl methyl sites for hydroxylation is 1. The van der Waals surface area contributed by atoms with Crippen LogP contribution in [0.25, 0.3) is 0 Å². The molecule has 0 bridgehead atoms. The molecular weight excluding hydrogens is 414 g/mol. The number of amides is 3. The summed E-state index contributed by atoms with van der Waals surface area (Å²) in [5, 5.41) is 17.6. The quantitative estimate of drug-likeness (QED) is 0.394. The van der Waals surface area contributed by atoms with E-state index in [0.29, 0.717) is 67.9 Å². The summed E-state index contributed by atoms with van der Waals surface area (Å²) in [5.74, 6) is 0.668. The number of methoxy groups -OCH3 is 1. The third kappa shape index (κ3) is 5.16. The highest BCUT2D eigenvalue weighted by Gasteiger charge is 2.26. The van der Waals surface area contributed by atoms with Crippen molar-refractivity contribution in [3.8, 4) is 6.07 Å². The Balaban J connectivity index is 1.82. The average Bonchev–Trinajstić information content (AvgIpc) is 2.82. The summed E-state index contributed by atoms with van der Waals surface area (Å²) in [6, 6.07) is 4.97. The number of carbonyl (C=O) groups excluding carboxylic acids is 3. The highest BCUT2D eigenvalue weighted by atomic mass is 16.5. The zero-order valence-corrected chi connectivity index (χ0v) is 17.6. The van der Waals surface area contributed by atoms with E-state index in [4.69, 9.17) is 4.74 Å². The second kappa shape index (κ2) is 10.8. The first-order chi connectivity index (χ1) is 15.6. The normalized spacial score (nSPS) is 12.3. The van der Waals surface area contributed by atoms with Crippen LogP contribution in [0.3, 0.4) is 0 Å². The van der Waals surface area contributed by atoms with Crippen LogP contribution in [-0.2, 0) is 22.5 Å². The van der Waals surface area contributed by atoms with Gasteiger partial charge in [-0.25, -0.2) is 14.8 Å². The smallest absolute Gasteiger partial charge is 0.328 e. The standard InChI is InChI=1S/C21H23N7O4/c1-32-6-4-24-17-8-19(25-11-16(17)9-22)27-21(31)28-5-2-3-14-7-15(10-23-13-30)18(12-29)26-20(14)28/h7-8,11-13H,2-6,10H2,1H3,(H,23,30)(H2,24,25,27,31). The van der Waals surface area contributed by atoms with Gasteiger partial charge >= 0.3 is 6.03 Å². The van der Waals surface area contributed by atoms with E-state index in [1.807, 2.05) is 0 Å². The van der Waals surface area contributed by atoms with Gasteiger partial charge in [0.2, 0.25) is 6.41 Å². The average molecular weight is 437 g/mol. The SMILES string of the molecule is COCCNc1cc(NC(=O)N2CCCc3cc(CNC=O)c(C=O)nc32)ncc1C#N. The number of pyridine rings is 2. The van der Waals surface area contributed by atoms with Crippen molar-refractivity contribution in [3.63, 3.8) is 0 Å². The number of nitrogens with zero attached hydrogens (tertiary/aromatic N) is 4. The topological polar surface area (TPSA) is 149 Å². The lowest BCUT2D eigenvalue weighted by Gasteiger charge is -2.29. The molecule has 1 aliphatic rings. The largest absolute Gasteiger partial charge is 0.383 e. The van der Waals surface area contributed by atoms with Crippen LogP contribution in [0.5, 0.6) is 0 Å². The number of nitrogens with one attached hydrogen (secondary N) is 3. The number of rotatable bonds is 9. The van der Waals surface area contributed by atoms with Gasteiger partial charge in [-0.3, -0.25) is 19.8 Å². The van der Waals surface area contributed by atoms with Crippen molar-refractivity contribution in [1.29, 1.82) is 5.26 Å². The van der Waals surface area contributed by atoms with Crippen molar-refractivity contribution < 1.29 is 19.1 Å². The van der Waals surface area contributed by atoms with E-state index in [9.17, 15) is 19.6 Å². The van der Waals surface area contributed by atoms with Gasteiger partial charge in [-0.1, -0.05) is 0 Å². The van der Waals surface area contributed by atoms with Gasteiger partial charge in [0.05, 0.1) is 17.9 Å². The Labute approximate surface area is 184 Å². The van der Waals surface area contributed by atoms with Gasteiger partial charge in [0.15, 0.2) is 6.29 Å². The van der Waals surface area contributed by atoms with Crippen molar-refractivity contribution in [3.05, 3.63) is 40.7 Å². The first kappa shape index (κ1) is 22.6. The van der Waals surface area contributed by atoms with Gasteiger partial charge in [0.25, 0.3) is 0 Å². The summed E-state index contributed by atoms with van der Waals surface area (Å²) >= 11 is 0. The summed E-state index contributed by atoms with van der Waals surface area (Å²) in [7, 11) is 1.58. The van der Waals surface area contributed by atoms with Crippen LogP contribution in [0.2, 0.25) is 0 Å². The Morgan fingerprint density at radius 1 is 1.38 bits per heavy atom. The summed E-state index contributed by atoms with van der Waals surface area (Å²) in [6.45, 7) is 1.54. The van der Waals surface area contributed by atoms with Crippen molar-refractivity contribution >= 4 is 36.1 Å². The van der Waals surface area contributed by atoms with Gasteiger partial charge in [0.1, 0.15) is 23.4 Å². The van der Waals surface area contributed by atoms with Crippen molar-refractivity contribution in [2.45, 2.75) is 19.4 Å². The molecule has 0 atom stereocenters. The summed E-state index contributed by atoms with van der Waals surface area (Å²) < 4.78 is 5.00. The van der Waals surface area contributed by atoms with Crippen molar-refractivity contribution in [2.24, 2.45) is 0 Å². The van der Waals surface area contributed by atoms with E-state index in [-0.39, 0.29) is 18.1 Å². The lowest BCUT2D eigenvalue weighted by atomic mass is 10.0. The molecule has 0 radical (unpaired) electrons. The molecule has 3 amide bonds. The first-order valence-electron chi connectivity index (χ1n) is 9.97. The van der Waals surface area contributed by atoms with E-state index in [1.54, 1.807) is 19.2 Å². The summed E-state index contributed by atoms with van der Waals surface area (Å²) in [6.07, 6.45) is 3.95. The molecule has 0 aliphatic carbocycles. The molecule has 32 heavy (non-hydrogen) atoms. The molecule has 0 saturated carbocycles. The molecule has 11 nitrogen and oxygen atoms in total. The molecule has 1 aliphatic heterocycles. The molecule has 0 fully saturated rings. The van der Waals surface area contributed by atoms with Gasteiger partial charge in [-0.05, 0) is 24.5 Å². The zero-order chi connectivity index (χ0) is 22.9. The zero-order valence-electron chi connectivity index (χ0n) is 17.6. The number of ether oxygens (including phenoxy) is 1. The Bertz CT molecular complexity index is 1050. The van der Waals surface area contributed by atoms with Gasteiger partial charge < -0.3 is 15.4 Å². The van der Waals surface area contributed by atoms with Crippen LogP contribution in [0, 0.1) is 11.3 Å². The Hall–Kier alpha value is -4.04. The maximum atomic E-state index is 13.0. The minimum Gasteiger partial charge on any atom is -0.383 e. The number of fused-ring (bicyclic) bond motifs is 1. The number of aromatic nitrogens is 2. The maximum absolute atomic E-state index is 13.0. The van der Waals surface area contributed by atoms with Gasteiger partial charge in [0, 0.05) is 44.6 Å². The van der Waals surface area contributed by atoms with Crippen molar-refractivity contribution in [1.82, 2.24) is 15.3 Å². The molecule has 0 unspecified atom stereocenters. The molecule has 0 spiro atoms. The maximum Gasteiger partial charge on any atom is 0.328 e. The third-order valence-corrected chi connectivity index (χ3v) is 4.89. The Morgan fingerprint density at radius 2 is 2.22 bits per heavy atom. The van der Waals surface area contributed by atoms with E-state index in [2.05, 4.69) is 32.0 Å². The number of aldehydes is 1. The van der Waals surface area contributed by atoms with Crippen LogP contribution >= 0.6 is 0 Å². The predicted octanol–water partition coefficient (Wildman–Crippen LogP) is 1.45. The molecule has 166 valence electrons. The van der Waals surface area contributed by atoms with E-state index in [1.165, 1.54) is 11.1 Å². The van der Waals surface area contributed by atoms with Crippen LogP contribution in [0.4, 0.5) is 22.1 Å². The number of hydrogen-bond acceptors (Lipinski definition) is 8. The fourth-order valence-corrected chi connectivity index (χ4v) is 3.37. The first-order valence-corrected chi connectivity index (χ1v) is 9.97.